The van der Waals surface area contributed by atoms with E-state index in [2.05, 4.69) is 51.0 Å². The van der Waals surface area contributed by atoms with Crippen LogP contribution in [-0.2, 0) is 4.74 Å². The van der Waals surface area contributed by atoms with Gasteiger partial charge in [0.25, 0.3) is 0 Å². The first-order valence-corrected chi connectivity index (χ1v) is 8.83. The molecular weight excluding hydrogens is 398 g/mol. The third-order valence-corrected chi connectivity index (χ3v) is 5.07. The quantitative estimate of drug-likeness (QED) is 0.682. The van der Waals surface area contributed by atoms with E-state index in [0.29, 0.717) is 23.4 Å². The summed E-state index contributed by atoms with van der Waals surface area (Å²) in [4.78, 5) is 12.0. The van der Waals surface area contributed by atoms with Crippen molar-refractivity contribution in [3.05, 3.63) is 26.6 Å². The summed E-state index contributed by atoms with van der Waals surface area (Å²) in [6.07, 6.45) is 3.55. The second kappa shape index (κ2) is 7.14. The highest BCUT2D eigenvalue weighted by atomic mass is 79.9. The number of benzene rings is 1. The average molecular weight is 419 g/mol. The summed E-state index contributed by atoms with van der Waals surface area (Å²) in [7, 11) is 1.41. The van der Waals surface area contributed by atoms with Crippen molar-refractivity contribution in [1.29, 1.82) is 0 Å². The summed E-state index contributed by atoms with van der Waals surface area (Å²) in [6, 6.07) is 4.14. The van der Waals surface area contributed by atoms with Crippen LogP contribution in [0.1, 0.15) is 43.5 Å². The summed E-state index contributed by atoms with van der Waals surface area (Å²) >= 11 is 6.98. The fourth-order valence-corrected chi connectivity index (χ4v) is 4.60. The number of carbonyl (C=O) groups is 1. The van der Waals surface area contributed by atoms with Crippen LogP contribution in [0.4, 0.5) is 5.69 Å². The van der Waals surface area contributed by atoms with Gasteiger partial charge in [0.1, 0.15) is 0 Å². The Morgan fingerprint density at radius 2 is 1.81 bits per heavy atom. The van der Waals surface area contributed by atoms with E-state index in [0.717, 1.165) is 27.5 Å². The Labute approximate surface area is 143 Å². The van der Waals surface area contributed by atoms with E-state index in [9.17, 15) is 4.79 Å². The summed E-state index contributed by atoms with van der Waals surface area (Å²) in [5.74, 6) is 1.10. The van der Waals surface area contributed by atoms with Crippen molar-refractivity contribution in [3.8, 4) is 0 Å². The number of halogens is 2. The molecular formula is C16H21Br2NO2. The smallest absolute Gasteiger partial charge is 0.340 e. The van der Waals surface area contributed by atoms with Crippen molar-refractivity contribution in [2.45, 2.75) is 39.2 Å². The zero-order chi connectivity index (χ0) is 15.6. The fraction of sp³-hybridized carbons (Fsp3) is 0.562. The van der Waals surface area contributed by atoms with E-state index in [1.807, 2.05) is 6.07 Å². The van der Waals surface area contributed by atoms with Gasteiger partial charge in [-0.3, -0.25) is 0 Å². The summed E-state index contributed by atoms with van der Waals surface area (Å²) < 4.78 is 6.63. The van der Waals surface area contributed by atoms with E-state index < -0.39 is 0 Å². The molecule has 1 fully saturated rings. The van der Waals surface area contributed by atoms with Gasteiger partial charge in [-0.2, -0.15) is 0 Å². The van der Waals surface area contributed by atoms with Gasteiger partial charge in [0.05, 0.1) is 18.4 Å². The minimum Gasteiger partial charge on any atom is -0.465 e. The van der Waals surface area contributed by atoms with Crippen LogP contribution in [0.5, 0.6) is 0 Å². The second-order valence-corrected chi connectivity index (χ2v) is 7.83. The lowest BCUT2D eigenvalue weighted by Gasteiger charge is -2.33. The Balaban J connectivity index is 2.28. The lowest BCUT2D eigenvalue weighted by Crippen LogP contribution is -2.31. The van der Waals surface area contributed by atoms with Crippen LogP contribution in [0, 0.1) is 11.8 Å². The molecule has 1 N–H and O–H groups in total. The average Bonchev–Trinajstić information content (AvgIpc) is 2.39. The van der Waals surface area contributed by atoms with Crippen molar-refractivity contribution in [2.75, 3.05) is 12.4 Å². The first-order chi connectivity index (χ1) is 9.90. The third-order valence-electron chi connectivity index (χ3n) is 3.99. The molecule has 1 aliphatic carbocycles. The van der Waals surface area contributed by atoms with Crippen molar-refractivity contribution >= 4 is 43.5 Å². The van der Waals surface area contributed by atoms with Gasteiger partial charge in [0.2, 0.25) is 0 Å². The Morgan fingerprint density at radius 3 is 2.38 bits per heavy atom. The number of rotatable bonds is 3. The minimum absolute atomic E-state index is 0.323. The molecule has 0 heterocycles. The van der Waals surface area contributed by atoms with Gasteiger partial charge in [-0.15, -0.1) is 0 Å². The topological polar surface area (TPSA) is 38.3 Å². The van der Waals surface area contributed by atoms with Gasteiger partial charge in [0.15, 0.2) is 0 Å². The van der Waals surface area contributed by atoms with Crippen LogP contribution in [0.2, 0.25) is 0 Å². The van der Waals surface area contributed by atoms with Crippen LogP contribution >= 0.6 is 31.9 Å². The summed E-state index contributed by atoms with van der Waals surface area (Å²) in [5, 5.41) is 3.55. The minimum atomic E-state index is -0.323. The number of carbonyl (C=O) groups excluding carboxylic acids is 1. The Hall–Kier alpha value is -0.550. The first-order valence-electron chi connectivity index (χ1n) is 7.24. The predicted molar refractivity (Wildman–Crippen MR) is 92.8 cm³/mol. The van der Waals surface area contributed by atoms with Crippen molar-refractivity contribution < 1.29 is 9.53 Å². The highest BCUT2D eigenvalue weighted by molar-refractivity contribution is 9.11. The van der Waals surface area contributed by atoms with Crippen LogP contribution < -0.4 is 5.32 Å². The molecule has 1 saturated carbocycles. The van der Waals surface area contributed by atoms with Crippen LogP contribution in [0.15, 0.2) is 21.1 Å². The van der Waals surface area contributed by atoms with E-state index in [1.54, 1.807) is 6.07 Å². The molecule has 116 valence electrons. The molecule has 1 aromatic rings. The van der Waals surface area contributed by atoms with E-state index in [1.165, 1.54) is 13.5 Å². The number of methoxy groups -OCH3 is 1. The number of esters is 1. The number of hydrogen-bond acceptors (Lipinski definition) is 3. The Morgan fingerprint density at radius 1 is 1.19 bits per heavy atom. The van der Waals surface area contributed by atoms with Crippen molar-refractivity contribution in [3.63, 3.8) is 0 Å². The fourth-order valence-electron chi connectivity index (χ4n) is 3.26. The number of ether oxygens (including phenoxy) is 1. The highest BCUT2D eigenvalue weighted by Gasteiger charge is 2.26. The van der Waals surface area contributed by atoms with Crippen LogP contribution in [0.25, 0.3) is 0 Å². The lowest BCUT2D eigenvalue weighted by atomic mass is 9.80. The molecule has 1 aliphatic rings. The number of hydrogen-bond donors (Lipinski definition) is 1. The standard InChI is InChI=1S/C16H21Br2NO2/c1-9-4-10(2)6-12(5-9)19-15-13(16(20)21-3)7-11(17)8-14(15)18/h7-10,12,19H,4-6H2,1-3H3. The molecule has 2 atom stereocenters. The number of anilines is 1. The molecule has 0 saturated heterocycles. The highest BCUT2D eigenvalue weighted by Crippen LogP contribution is 2.35. The van der Waals surface area contributed by atoms with Gasteiger partial charge in [0, 0.05) is 15.0 Å². The number of nitrogens with one attached hydrogen (secondary N) is 1. The molecule has 5 heteroatoms. The molecule has 2 rings (SSSR count). The van der Waals surface area contributed by atoms with Gasteiger partial charge in [-0.1, -0.05) is 29.8 Å². The zero-order valence-electron chi connectivity index (χ0n) is 12.6. The Kier molecular flexibility index (Phi) is 5.72. The van der Waals surface area contributed by atoms with E-state index >= 15 is 0 Å². The zero-order valence-corrected chi connectivity index (χ0v) is 15.8. The first kappa shape index (κ1) is 16.8. The normalized spacial score (nSPS) is 25.5. The largest absolute Gasteiger partial charge is 0.465 e. The predicted octanol–water partition coefficient (Wildman–Crippen LogP) is 5.23. The third kappa shape index (κ3) is 4.22. The van der Waals surface area contributed by atoms with Crippen molar-refractivity contribution in [1.82, 2.24) is 0 Å². The molecule has 0 aromatic heterocycles. The SMILES string of the molecule is COC(=O)c1cc(Br)cc(Br)c1NC1CC(C)CC(C)C1. The van der Waals surface area contributed by atoms with Crippen molar-refractivity contribution in [2.24, 2.45) is 11.8 Å². The lowest BCUT2D eigenvalue weighted by molar-refractivity contribution is 0.0601. The molecule has 0 amide bonds. The van der Waals surface area contributed by atoms with Gasteiger partial charge >= 0.3 is 5.97 Å². The molecule has 3 nitrogen and oxygen atoms in total. The van der Waals surface area contributed by atoms with E-state index in [4.69, 9.17) is 4.74 Å². The van der Waals surface area contributed by atoms with Crippen LogP contribution in [0.3, 0.4) is 0 Å². The van der Waals surface area contributed by atoms with Gasteiger partial charge in [-0.05, 0) is 59.2 Å². The monoisotopic (exact) mass is 417 g/mol. The van der Waals surface area contributed by atoms with Gasteiger partial charge < -0.3 is 10.1 Å². The van der Waals surface area contributed by atoms with Crippen LogP contribution in [-0.4, -0.2) is 19.1 Å². The Bertz CT molecular complexity index is 523. The molecule has 0 bridgehead atoms. The molecule has 0 radical (unpaired) electrons. The van der Waals surface area contributed by atoms with E-state index in [-0.39, 0.29) is 5.97 Å². The molecule has 1 aromatic carbocycles. The molecule has 21 heavy (non-hydrogen) atoms. The van der Waals surface area contributed by atoms with Gasteiger partial charge in [-0.25, -0.2) is 4.79 Å². The maximum Gasteiger partial charge on any atom is 0.340 e. The maximum absolute atomic E-state index is 12.0. The summed E-state index contributed by atoms with van der Waals surface area (Å²) in [6.45, 7) is 4.59. The molecule has 0 spiro atoms. The maximum atomic E-state index is 12.0. The second-order valence-electron chi connectivity index (χ2n) is 6.06. The summed E-state index contributed by atoms with van der Waals surface area (Å²) in [5.41, 5.74) is 1.39. The molecule has 2 unspecified atom stereocenters. The molecule has 0 aliphatic heterocycles.